The Morgan fingerprint density at radius 3 is 2.56 bits per heavy atom. The van der Waals surface area contributed by atoms with Gasteiger partial charge >= 0.3 is 0 Å². The lowest BCUT2D eigenvalue weighted by atomic mass is 10.1. The van der Waals surface area contributed by atoms with Crippen molar-refractivity contribution < 1.29 is 14.3 Å². The van der Waals surface area contributed by atoms with Crippen LogP contribution in [0.2, 0.25) is 0 Å². The van der Waals surface area contributed by atoms with Crippen molar-refractivity contribution in [3.8, 4) is 17.2 Å². The lowest BCUT2D eigenvalue weighted by Gasteiger charge is -2.14. The fourth-order valence-electron chi connectivity index (χ4n) is 3.48. The van der Waals surface area contributed by atoms with E-state index in [4.69, 9.17) is 21.7 Å². The van der Waals surface area contributed by atoms with Gasteiger partial charge in [0.05, 0.1) is 30.8 Å². The standard InChI is InChI=1S/C24H21N3O4S/c1-14-5-4-6-16(11-14)25-22(28)15-7-9-18-19(12-15)26-24(32)27(23(18)29)20-13-17(30-2)8-10-21(20)31-3/h4-13H,1-3H3,(H,25,28)(H,26,32). The Labute approximate surface area is 189 Å². The highest BCUT2D eigenvalue weighted by molar-refractivity contribution is 7.71. The van der Waals surface area contributed by atoms with Gasteiger partial charge in [-0.1, -0.05) is 12.1 Å². The number of aromatic nitrogens is 2. The van der Waals surface area contributed by atoms with Gasteiger partial charge in [-0.05, 0) is 67.2 Å². The molecule has 0 unspecified atom stereocenters. The number of hydrogen-bond donors (Lipinski definition) is 2. The average Bonchev–Trinajstić information content (AvgIpc) is 2.78. The second-order valence-corrected chi connectivity index (χ2v) is 7.58. The molecule has 0 aliphatic heterocycles. The van der Waals surface area contributed by atoms with Crippen LogP contribution in [-0.4, -0.2) is 29.7 Å². The summed E-state index contributed by atoms with van der Waals surface area (Å²) < 4.78 is 12.2. The molecule has 0 bridgehead atoms. The Morgan fingerprint density at radius 1 is 1.03 bits per heavy atom. The van der Waals surface area contributed by atoms with Crippen LogP contribution >= 0.6 is 12.2 Å². The highest BCUT2D eigenvalue weighted by Crippen LogP contribution is 2.27. The molecule has 0 fully saturated rings. The van der Waals surface area contributed by atoms with Gasteiger partial charge in [0.1, 0.15) is 11.5 Å². The van der Waals surface area contributed by atoms with Gasteiger partial charge in [0, 0.05) is 17.3 Å². The minimum atomic E-state index is -0.332. The van der Waals surface area contributed by atoms with E-state index in [9.17, 15) is 9.59 Å². The molecule has 162 valence electrons. The summed E-state index contributed by atoms with van der Waals surface area (Å²) in [4.78, 5) is 29.1. The Kier molecular flexibility index (Phi) is 5.79. The number of ether oxygens (including phenoxy) is 2. The first-order valence-electron chi connectivity index (χ1n) is 9.81. The minimum Gasteiger partial charge on any atom is -0.497 e. The van der Waals surface area contributed by atoms with Crippen molar-refractivity contribution in [2.75, 3.05) is 19.5 Å². The van der Waals surface area contributed by atoms with Crippen LogP contribution < -0.4 is 20.3 Å². The number of carbonyl (C=O) groups excluding carboxylic acids is 1. The van der Waals surface area contributed by atoms with Crippen molar-refractivity contribution in [3.63, 3.8) is 0 Å². The maximum absolute atomic E-state index is 13.3. The Morgan fingerprint density at radius 2 is 1.84 bits per heavy atom. The first kappa shape index (κ1) is 21.3. The van der Waals surface area contributed by atoms with Gasteiger partial charge < -0.3 is 19.8 Å². The number of methoxy groups -OCH3 is 2. The molecule has 8 heteroatoms. The normalized spacial score (nSPS) is 10.7. The van der Waals surface area contributed by atoms with Crippen molar-refractivity contribution in [2.45, 2.75) is 6.92 Å². The zero-order valence-electron chi connectivity index (χ0n) is 17.8. The van der Waals surface area contributed by atoms with Crippen LogP contribution in [0.1, 0.15) is 15.9 Å². The summed E-state index contributed by atoms with van der Waals surface area (Å²) in [6, 6.07) is 17.5. The van der Waals surface area contributed by atoms with Crippen molar-refractivity contribution in [2.24, 2.45) is 0 Å². The van der Waals surface area contributed by atoms with Gasteiger partial charge in [-0.3, -0.25) is 9.59 Å². The number of hydrogen-bond acceptors (Lipinski definition) is 5. The van der Waals surface area contributed by atoms with Gasteiger partial charge in [-0.15, -0.1) is 0 Å². The summed E-state index contributed by atoms with van der Waals surface area (Å²) >= 11 is 5.47. The van der Waals surface area contributed by atoms with E-state index in [0.717, 1.165) is 5.56 Å². The van der Waals surface area contributed by atoms with Gasteiger partial charge in [-0.25, -0.2) is 4.57 Å². The smallest absolute Gasteiger partial charge is 0.266 e. The lowest BCUT2D eigenvalue weighted by Crippen LogP contribution is -2.21. The summed E-state index contributed by atoms with van der Waals surface area (Å²) in [6.45, 7) is 1.95. The van der Waals surface area contributed by atoms with E-state index in [1.807, 2.05) is 31.2 Å². The van der Waals surface area contributed by atoms with Gasteiger partial charge in [0.15, 0.2) is 4.77 Å². The number of fused-ring (bicyclic) bond motifs is 1. The SMILES string of the molecule is COc1ccc(OC)c(-n2c(=S)[nH]c3cc(C(=O)Nc4cccc(C)c4)ccc3c2=O)c1. The molecule has 0 saturated carbocycles. The molecule has 7 nitrogen and oxygen atoms in total. The molecular weight excluding hydrogens is 426 g/mol. The van der Waals surface area contributed by atoms with Crippen LogP contribution in [0.5, 0.6) is 11.5 Å². The predicted molar refractivity (Wildman–Crippen MR) is 127 cm³/mol. The monoisotopic (exact) mass is 447 g/mol. The van der Waals surface area contributed by atoms with E-state index in [2.05, 4.69) is 10.3 Å². The van der Waals surface area contributed by atoms with E-state index in [-0.39, 0.29) is 16.2 Å². The quantitative estimate of drug-likeness (QED) is 0.436. The fourth-order valence-corrected chi connectivity index (χ4v) is 3.77. The number of H-pyrrole nitrogens is 1. The van der Waals surface area contributed by atoms with E-state index >= 15 is 0 Å². The molecule has 0 aliphatic carbocycles. The molecule has 1 heterocycles. The molecule has 2 N–H and O–H groups in total. The van der Waals surface area contributed by atoms with Crippen LogP contribution in [0.25, 0.3) is 16.6 Å². The van der Waals surface area contributed by atoms with Gasteiger partial charge in [0.2, 0.25) is 0 Å². The maximum atomic E-state index is 13.3. The van der Waals surface area contributed by atoms with Crippen molar-refractivity contribution in [3.05, 3.63) is 86.9 Å². The summed E-state index contributed by atoms with van der Waals surface area (Å²) in [7, 11) is 3.06. The second kappa shape index (κ2) is 8.68. The lowest BCUT2D eigenvalue weighted by molar-refractivity contribution is 0.102. The molecule has 0 spiro atoms. The summed E-state index contributed by atoms with van der Waals surface area (Å²) in [5.74, 6) is 0.752. The number of aryl methyl sites for hydroxylation is 1. The topological polar surface area (TPSA) is 85.3 Å². The fraction of sp³-hybridized carbons (Fsp3) is 0.125. The number of nitrogens with zero attached hydrogens (tertiary/aromatic N) is 1. The number of nitrogens with one attached hydrogen (secondary N) is 2. The first-order valence-corrected chi connectivity index (χ1v) is 10.2. The molecule has 0 aliphatic rings. The number of aromatic amines is 1. The third-order valence-electron chi connectivity index (χ3n) is 5.06. The van der Waals surface area contributed by atoms with Crippen LogP contribution in [-0.2, 0) is 0 Å². The van der Waals surface area contributed by atoms with Crippen LogP contribution in [0, 0.1) is 11.7 Å². The number of carbonyl (C=O) groups is 1. The molecular formula is C24H21N3O4S. The zero-order chi connectivity index (χ0) is 22.8. The molecule has 1 amide bonds. The Hall–Kier alpha value is -3.91. The van der Waals surface area contributed by atoms with E-state index in [0.29, 0.717) is 39.3 Å². The summed E-state index contributed by atoms with van der Waals surface area (Å²) in [6.07, 6.45) is 0. The molecule has 0 atom stereocenters. The highest BCUT2D eigenvalue weighted by atomic mass is 32.1. The number of benzene rings is 3. The Balaban J connectivity index is 1.79. The zero-order valence-corrected chi connectivity index (χ0v) is 18.6. The maximum Gasteiger partial charge on any atom is 0.266 e. The number of amides is 1. The van der Waals surface area contributed by atoms with E-state index < -0.39 is 0 Å². The molecule has 1 aromatic heterocycles. The van der Waals surface area contributed by atoms with Crippen LogP contribution in [0.4, 0.5) is 5.69 Å². The molecule has 3 aromatic carbocycles. The average molecular weight is 448 g/mol. The van der Waals surface area contributed by atoms with Crippen molar-refractivity contribution in [1.29, 1.82) is 0 Å². The number of anilines is 1. The van der Waals surface area contributed by atoms with Gasteiger partial charge in [-0.2, -0.15) is 0 Å². The molecule has 0 saturated heterocycles. The van der Waals surface area contributed by atoms with Crippen LogP contribution in [0.15, 0.2) is 65.5 Å². The largest absolute Gasteiger partial charge is 0.497 e. The third kappa shape index (κ3) is 4.00. The summed E-state index contributed by atoms with van der Waals surface area (Å²) in [5, 5.41) is 3.25. The first-order chi connectivity index (χ1) is 15.4. The van der Waals surface area contributed by atoms with Crippen LogP contribution in [0.3, 0.4) is 0 Å². The molecule has 0 radical (unpaired) electrons. The molecule has 32 heavy (non-hydrogen) atoms. The molecule has 4 aromatic rings. The van der Waals surface area contributed by atoms with Crippen molar-refractivity contribution >= 4 is 34.7 Å². The van der Waals surface area contributed by atoms with Crippen molar-refractivity contribution in [1.82, 2.24) is 9.55 Å². The summed E-state index contributed by atoms with van der Waals surface area (Å²) in [5.41, 5.74) is 2.74. The Bertz CT molecular complexity index is 1460. The predicted octanol–water partition coefficient (Wildman–Crippen LogP) is 4.63. The van der Waals surface area contributed by atoms with Gasteiger partial charge in [0.25, 0.3) is 11.5 Å². The van der Waals surface area contributed by atoms with E-state index in [1.165, 1.54) is 11.7 Å². The minimum absolute atomic E-state index is 0.172. The third-order valence-corrected chi connectivity index (χ3v) is 5.35. The van der Waals surface area contributed by atoms with E-state index in [1.54, 1.807) is 43.5 Å². The molecule has 4 rings (SSSR count). The number of rotatable bonds is 5. The second-order valence-electron chi connectivity index (χ2n) is 7.19. The highest BCUT2D eigenvalue weighted by Gasteiger charge is 2.15.